The SMILES string of the molecule is CCOC(=O)N1CCN(C(=O)CCNC(=O)c2cccc(C)c2)CC1. The molecule has 0 radical (unpaired) electrons. The molecule has 1 aliphatic rings. The Kier molecular flexibility index (Phi) is 6.80. The molecule has 1 aromatic rings. The smallest absolute Gasteiger partial charge is 0.409 e. The first-order chi connectivity index (χ1) is 12.0. The van der Waals surface area contributed by atoms with Crippen LogP contribution < -0.4 is 5.32 Å². The number of hydrogen-bond donors (Lipinski definition) is 1. The van der Waals surface area contributed by atoms with Crippen LogP contribution in [0.25, 0.3) is 0 Å². The molecule has 0 aromatic heterocycles. The van der Waals surface area contributed by atoms with Crippen molar-refractivity contribution in [3.05, 3.63) is 35.4 Å². The van der Waals surface area contributed by atoms with Crippen molar-refractivity contribution >= 4 is 17.9 Å². The number of amides is 3. The van der Waals surface area contributed by atoms with E-state index < -0.39 is 0 Å². The van der Waals surface area contributed by atoms with Crippen LogP contribution in [-0.2, 0) is 9.53 Å². The van der Waals surface area contributed by atoms with Gasteiger partial charge >= 0.3 is 6.09 Å². The van der Waals surface area contributed by atoms with Crippen LogP contribution in [0.15, 0.2) is 24.3 Å². The largest absolute Gasteiger partial charge is 0.450 e. The monoisotopic (exact) mass is 347 g/mol. The first-order valence-corrected chi connectivity index (χ1v) is 8.55. The highest BCUT2D eigenvalue weighted by Gasteiger charge is 2.24. The second-order valence-electron chi connectivity index (χ2n) is 5.94. The van der Waals surface area contributed by atoms with E-state index in [0.717, 1.165) is 5.56 Å². The third-order valence-electron chi connectivity index (χ3n) is 4.06. The van der Waals surface area contributed by atoms with E-state index in [1.165, 1.54) is 0 Å². The Morgan fingerprint density at radius 3 is 2.44 bits per heavy atom. The van der Waals surface area contributed by atoms with Crippen LogP contribution in [0, 0.1) is 6.92 Å². The topological polar surface area (TPSA) is 79.0 Å². The van der Waals surface area contributed by atoms with Gasteiger partial charge in [-0.3, -0.25) is 9.59 Å². The third-order valence-corrected chi connectivity index (χ3v) is 4.06. The van der Waals surface area contributed by atoms with E-state index in [-0.39, 0.29) is 24.3 Å². The lowest BCUT2D eigenvalue weighted by Crippen LogP contribution is -2.51. The normalized spacial score (nSPS) is 14.2. The summed E-state index contributed by atoms with van der Waals surface area (Å²) in [6, 6.07) is 7.32. The van der Waals surface area contributed by atoms with Gasteiger partial charge < -0.3 is 19.9 Å². The lowest BCUT2D eigenvalue weighted by Gasteiger charge is -2.34. The summed E-state index contributed by atoms with van der Waals surface area (Å²) in [5.41, 5.74) is 1.61. The van der Waals surface area contributed by atoms with E-state index in [1.807, 2.05) is 25.1 Å². The predicted octanol–water partition coefficient (Wildman–Crippen LogP) is 1.42. The van der Waals surface area contributed by atoms with Gasteiger partial charge in [-0.25, -0.2) is 4.79 Å². The van der Waals surface area contributed by atoms with Gasteiger partial charge in [0.15, 0.2) is 0 Å². The Bertz CT molecular complexity index is 625. The Labute approximate surface area is 147 Å². The summed E-state index contributed by atoms with van der Waals surface area (Å²) in [5, 5.41) is 2.77. The number of rotatable bonds is 5. The minimum absolute atomic E-state index is 0.0203. The molecule has 1 saturated heterocycles. The number of ether oxygens (including phenoxy) is 1. The fourth-order valence-corrected chi connectivity index (χ4v) is 2.68. The van der Waals surface area contributed by atoms with Crippen LogP contribution in [0.1, 0.15) is 29.3 Å². The maximum absolute atomic E-state index is 12.2. The van der Waals surface area contributed by atoms with Crippen LogP contribution in [0.2, 0.25) is 0 Å². The molecule has 1 aliphatic heterocycles. The van der Waals surface area contributed by atoms with Crippen molar-refractivity contribution in [1.29, 1.82) is 0 Å². The number of aryl methyl sites for hydroxylation is 1. The maximum Gasteiger partial charge on any atom is 0.409 e. The summed E-state index contributed by atoms with van der Waals surface area (Å²) in [6.45, 7) is 6.26. The molecule has 1 N–H and O–H groups in total. The maximum atomic E-state index is 12.2. The van der Waals surface area contributed by atoms with E-state index in [2.05, 4.69) is 5.32 Å². The molecular weight excluding hydrogens is 322 g/mol. The lowest BCUT2D eigenvalue weighted by molar-refractivity contribution is -0.132. The second-order valence-corrected chi connectivity index (χ2v) is 5.94. The number of nitrogens with zero attached hydrogens (tertiary/aromatic N) is 2. The van der Waals surface area contributed by atoms with Gasteiger partial charge in [0.05, 0.1) is 6.61 Å². The Balaban J connectivity index is 1.71. The molecule has 0 saturated carbocycles. The molecule has 0 aliphatic carbocycles. The van der Waals surface area contributed by atoms with Gasteiger partial charge in [-0.15, -0.1) is 0 Å². The summed E-state index contributed by atoms with van der Waals surface area (Å²) < 4.78 is 4.95. The molecule has 0 unspecified atom stereocenters. The summed E-state index contributed by atoms with van der Waals surface area (Å²) in [6.07, 6.45) is -0.0863. The zero-order valence-electron chi connectivity index (χ0n) is 14.8. The van der Waals surface area contributed by atoms with Gasteiger partial charge in [0.1, 0.15) is 0 Å². The van der Waals surface area contributed by atoms with Crippen molar-refractivity contribution in [3.8, 4) is 0 Å². The molecule has 25 heavy (non-hydrogen) atoms. The fourth-order valence-electron chi connectivity index (χ4n) is 2.68. The number of benzene rings is 1. The molecule has 1 aromatic carbocycles. The zero-order valence-corrected chi connectivity index (χ0v) is 14.8. The molecule has 0 bridgehead atoms. The summed E-state index contributed by atoms with van der Waals surface area (Å²) >= 11 is 0. The van der Waals surface area contributed by atoms with E-state index >= 15 is 0 Å². The van der Waals surface area contributed by atoms with Crippen molar-refractivity contribution in [2.75, 3.05) is 39.3 Å². The Hall–Kier alpha value is -2.57. The highest BCUT2D eigenvalue weighted by atomic mass is 16.6. The molecule has 0 spiro atoms. The van der Waals surface area contributed by atoms with Crippen LogP contribution in [-0.4, -0.2) is 67.0 Å². The van der Waals surface area contributed by atoms with Crippen LogP contribution in [0.4, 0.5) is 4.79 Å². The third kappa shape index (κ3) is 5.48. The van der Waals surface area contributed by atoms with Crippen LogP contribution in [0.5, 0.6) is 0 Å². The van der Waals surface area contributed by atoms with Gasteiger partial charge in [-0.2, -0.15) is 0 Å². The number of hydrogen-bond acceptors (Lipinski definition) is 4. The molecule has 7 heteroatoms. The molecule has 1 fully saturated rings. The fraction of sp³-hybridized carbons (Fsp3) is 0.500. The standard InChI is InChI=1S/C18H25N3O4/c1-3-25-18(24)21-11-9-20(10-12-21)16(22)7-8-19-17(23)15-6-4-5-14(2)13-15/h4-6,13H,3,7-12H2,1-2H3,(H,19,23). The number of nitrogens with one attached hydrogen (secondary N) is 1. The molecule has 136 valence electrons. The number of carbonyl (C=O) groups is 3. The first-order valence-electron chi connectivity index (χ1n) is 8.55. The minimum Gasteiger partial charge on any atom is -0.450 e. The van der Waals surface area contributed by atoms with Crippen molar-refractivity contribution < 1.29 is 19.1 Å². The van der Waals surface area contributed by atoms with Crippen molar-refractivity contribution in [2.24, 2.45) is 0 Å². The minimum atomic E-state index is -0.333. The van der Waals surface area contributed by atoms with Gasteiger partial charge in [0.2, 0.25) is 5.91 Å². The van der Waals surface area contributed by atoms with E-state index in [9.17, 15) is 14.4 Å². The Morgan fingerprint density at radius 1 is 1.12 bits per heavy atom. The highest BCUT2D eigenvalue weighted by Crippen LogP contribution is 2.06. The van der Waals surface area contributed by atoms with Gasteiger partial charge in [0.25, 0.3) is 5.91 Å². The van der Waals surface area contributed by atoms with Gasteiger partial charge in [0, 0.05) is 44.7 Å². The van der Waals surface area contributed by atoms with E-state index in [0.29, 0.717) is 44.9 Å². The molecule has 0 atom stereocenters. The number of piperazine rings is 1. The van der Waals surface area contributed by atoms with E-state index in [4.69, 9.17) is 4.74 Å². The lowest BCUT2D eigenvalue weighted by atomic mass is 10.1. The van der Waals surface area contributed by atoms with Crippen molar-refractivity contribution in [3.63, 3.8) is 0 Å². The summed E-state index contributed by atoms with van der Waals surface area (Å²) in [5.74, 6) is -0.198. The molecule has 1 heterocycles. The quantitative estimate of drug-likeness (QED) is 0.874. The molecular formula is C18H25N3O4. The van der Waals surface area contributed by atoms with E-state index in [1.54, 1.807) is 22.8 Å². The molecule has 3 amide bonds. The summed E-state index contributed by atoms with van der Waals surface area (Å²) in [4.78, 5) is 39.2. The van der Waals surface area contributed by atoms with Gasteiger partial charge in [-0.05, 0) is 26.0 Å². The molecule has 7 nitrogen and oxygen atoms in total. The van der Waals surface area contributed by atoms with Crippen LogP contribution in [0.3, 0.4) is 0 Å². The predicted molar refractivity (Wildman–Crippen MR) is 93.3 cm³/mol. The highest BCUT2D eigenvalue weighted by molar-refractivity contribution is 5.94. The Morgan fingerprint density at radius 2 is 1.80 bits per heavy atom. The zero-order chi connectivity index (χ0) is 18.2. The average molecular weight is 347 g/mol. The van der Waals surface area contributed by atoms with Gasteiger partial charge in [-0.1, -0.05) is 17.7 Å². The first kappa shape index (κ1) is 18.8. The number of carbonyl (C=O) groups excluding carboxylic acids is 3. The van der Waals surface area contributed by atoms with Crippen LogP contribution >= 0.6 is 0 Å². The van der Waals surface area contributed by atoms with Crippen molar-refractivity contribution in [1.82, 2.24) is 15.1 Å². The average Bonchev–Trinajstić information content (AvgIpc) is 2.62. The second kappa shape index (κ2) is 9.05. The summed E-state index contributed by atoms with van der Waals surface area (Å²) in [7, 11) is 0. The molecule has 2 rings (SSSR count). The van der Waals surface area contributed by atoms with Crippen molar-refractivity contribution in [2.45, 2.75) is 20.3 Å².